The first kappa shape index (κ1) is 12.6. The molecule has 0 aliphatic carbocycles. The molecule has 0 aliphatic rings. The van der Waals surface area contributed by atoms with Crippen LogP contribution in [-0.4, -0.2) is 61.0 Å². The summed E-state index contributed by atoms with van der Waals surface area (Å²) in [6, 6.07) is 0. The maximum atomic E-state index is 11.2. The molecule has 0 radical (unpaired) electrons. The highest BCUT2D eigenvalue weighted by molar-refractivity contribution is 5.79. The van der Waals surface area contributed by atoms with Crippen LogP contribution < -0.4 is 0 Å². The van der Waals surface area contributed by atoms with E-state index in [1.54, 1.807) is 26.0 Å². The Bertz CT molecular complexity index is 236. The van der Waals surface area contributed by atoms with Crippen molar-refractivity contribution in [1.29, 1.82) is 0 Å². The fraction of sp³-hybridized carbons (Fsp3) is 0.556. The smallest absolute Gasteiger partial charge is 0.328 e. The van der Waals surface area contributed by atoms with Crippen LogP contribution in [-0.2, 0) is 9.59 Å². The van der Waals surface area contributed by atoms with Gasteiger partial charge in [0.1, 0.15) is 0 Å². The summed E-state index contributed by atoms with van der Waals surface area (Å²) in [5.41, 5.74) is 0. The highest BCUT2D eigenvalue weighted by Gasteiger charge is 2.06. The van der Waals surface area contributed by atoms with Crippen LogP contribution in [0.1, 0.15) is 0 Å². The number of aliphatic carboxylic acids is 1. The SMILES string of the molecule is CN(CC=CC(=O)O)CC(=O)N(C)C. The molecule has 0 saturated carbocycles. The molecule has 0 aromatic carbocycles. The first-order valence-electron chi connectivity index (χ1n) is 4.21. The Morgan fingerprint density at radius 2 is 1.86 bits per heavy atom. The molecule has 1 amide bonds. The molecule has 5 nitrogen and oxygen atoms in total. The molecule has 0 aromatic heterocycles. The minimum Gasteiger partial charge on any atom is -0.478 e. The van der Waals surface area contributed by atoms with Gasteiger partial charge in [-0.15, -0.1) is 0 Å². The van der Waals surface area contributed by atoms with Crippen molar-refractivity contribution in [3.8, 4) is 0 Å². The van der Waals surface area contributed by atoms with E-state index in [2.05, 4.69) is 0 Å². The maximum absolute atomic E-state index is 11.2. The minimum atomic E-state index is -0.975. The van der Waals surface area contributed by atoms with Gasteiger partial charge in [-0.3, -0.25) is 9.69 Å². The molecule has 0 bridgehead atoms. The Balaban J connectivity index is 3.81. The molecule has 0 aliphatic heterocycles. The van der Waals surface area contributed by atoms with Crippen molar-refractivity contribution in [2.45, 2.75) is 0 Å². The predicted octanol–water partition coefficient (Wildman–Crippen LogP) is -0.353. The van der Waals surface area contributed by atoms with Crippen LogP contribution in [0.25, 0.3) is 0 Å². The van der Waals surface area contributed by atoms with Crippen molar-refractivity contribution in [2.75, 3.05) is 34.2 Å². The summed E-state index contributed by atoms with van der Waals surface area (Å²) in [5.74, 6) is -0.978. The minimum absolute atomic E-state index is 0.00350. The summed E-state index contributed by atoms with van der Waals surface area (Å²) >= 11 is 0. The lowest BCUT2D eigenvalue weighted by molar-refractivity contribution is -0.131. The topological polar surface area (TPSA) is 60.9 Å². The number of carbonyl (C=O) groups excluding carboxylic acids is 1. The number of carbonyl (C=O) groups is 2. The molecular weight excluding hydrogens is 184 g/mol. The Kier molecular flexibility index (Phi) is 5.55. The molecule has 0 aromatic rings. The Morgan fingerprint density at radius 1 is 1.29 bits per heavy atom. The second kappa shape index (κ2) is 6.15. The molecule has 0 fully saturated rings. The van der Waals surface area contributed by atoms with Crippen molar-refractivity contribution in [3.63, 3.8) is 0 Å². The van der Waals surface area contributed by atoms with E-state index in [0.717, 1.165) is 6.08 Å². The average Bonchev–Trinajstić information content (AvgIpc) is 2.02. The van der Waals surface area contributed by atoms with Gasteiger partial charge < -0.3 is 10.0 Å². The van der Waals surface area contributed by atoms with Crippen molar-refractivity contribution in [1.82, 2.24) is 9.80 Å². The van der Waals surface area contributed by atoms with Crippen LogP contribution in [0.4, 0.5) is 0 Å². The monoisotopic (exact) mass is 200 g/mol. The Hall–Kier alpha value is -1.36. The highest BCUT2D eigenvalue weighted by atomic mass is 16.4. The van der Waals surface area contributed by atoms with Crippen molar-refractivity contribution >= 4 is 11.9 Å². The summed E-state index contributed by atoms with van der Waals surface area (Å²) in [6.07, 6.45) is 2.57. The number of hydrogen-bond donors (Lipinski definition) is 1. The number of rotatable bonds is 5. The van der Waals surface area contributed by atoms with Crippen LogP contribution in [0.2, 0.25) is 0 Å². The number of carboxylic acids is 1. The van der Waals surface area contributed by atoms with Gasteiger partial charge in [-0.1, -0.05) is 6.08 Å². The molecule has 80 valence electrons. The zero-order chi connectivity index (χ0) is 11.1. The molecule has 0 atom stereocenters. The number of nitrogens with zero attached hydrogens (tertiary/aromatic N) is 2. The highest BCUT2D eigenvalue weighted by Crippen LogP contribution is 1.87. The van der Waals surface area contributed by atoms with Crippen molar-refractivity contribution in [3.05, 3.63) is 12.2 Å². The number of hydrogen-bond acceptors (Lipinski definition) is 3. The number of carboxylic acid groups (broad SMARTS) is 1. The van der Waals surface area contributed by atoms with Gasteiger partial charge in [0.05, 0.1) is 6.54 Å². The summed E-state index contributed by atoms with van der Waals surface area (Å²) in [4.78, 5) is 24.6. The molecule has 0 heterocycles. The molecule has 14 heavy (non-hydrogen) atoms. The van der Waals surface area contributed by atoms with E-state index in [4.69, 9.17) is 5.11 Å². The lowest BCUT2D eigenvalue weighted by atomic mass is 10.4. The quantitative estimate of drug-likeness (QED) is 0.616. The van der Waals surface area contributed by atoms with Crippen LogP contribution in [0.3, 0.4) is 0 Å². The molecule has 1 N–H and O–H groups in total. The first-order chi connectivity index (χ1) is 6.43. The summed E-state index contributed by atoms with van der Waals surface area (Å²) < 4.78 is 0. The fourth-order valence-corrected chi connectivity index (χ4v) is 0.770. The van der Waals surface area contributed by atoms with Crippen molar-refractivity contribution in [2.24, 2.45) is 0 Å². The molecule has 0 spiro atoms. The lowest BCUT2D eigenvalue weighted by Gasteiger charge is -2.16. The molecular formula is C9H16N2O3. The summed E-state index contributed by atoms with van der Waals surface area (Å²) in [6.45, 7) is 0.739. The molecule has 0 unspecified atom stereocenters. The average molecular weight is 200 g/mol. The number of likely N-dealkylation sites (N-methyl/N-ethyl adjacent to an activating group) is 2. The standard InChI is InChI=1S/C9H16N2O3/c1-10(2)8(12)7-11(3)6-4-5-9(13)14/h4-5H,6-7H2,1-3H3,(H,13,14). The second-order valence-corrected chi connectivity index (χ2v) is 3.23. The molecule has 5 heteroatoms. The van der Waals surface area contributed by atoms with E-state index in [1.807, 2.05) is 0 Å². The molecule has 0 rings (SSSR count). The van der Waals surface area contributed by atoms with E-state index in [0.29, 0.717) is 6.54 Å². The van der Waals surface area contributed by atoms with Gasteiger partial charge >= 0.3 is 5.97 Å². The van der Waals surface area contributed by atoms with Crippen LogP contribution in [0.15, 0.2) is 12.2 Å². The van der Waals surface area contributed by atoms with Gasteiger partial charge in [0, 0.05) is 26.7 Å². The lowest BCUT2D eigenvalue weighted by Crippen LogP contribution is -2.34. The van der Waals surface area contributed by atoms with Crippen LogP contribution in [0.5, 0.6) is 0 Å². The van der Waals surface area contributed by atoms with Gasteiger partial charge in [-0.2, -0.15) is 0 Å². The van der Waals surface area contributed by atoms with Gasteiger partial charge in [-0.05, 0) is 7.05 Å². The third-order valence-corrected chi connectivity index (χ3v) is 1.58. The van der Waals surface area contributed by atoms with Gasteiger partial charge in [0.2, 0.25) is 5.91 Å². The Morgan fingerprint density at radius 3 is 2.29 bits per heavy atom. The van der Waals surface area contributed by atoms with Gasteiger partial charge in [0.25, 0.3) is 0 Å². The van der Waals surface area contributed by atoms with Crippen LogP contribution in [0, 0.1) is 0 Å². The Labute approximate surface area is 83.6 Å². The largest absolute Gasteiger partial charge is 0.478 e. The van der Waals surface area contributed by atoms with E-state index in [9.17, 15) is 9.59 Å². The van der Waals surface area contributed by atoms with E-state index < -0.39 is 5.97 Å². The third kappa shape index (κ3) is 6.19. The summed E-state index contributed by atoms with van der Waals surface area (Å²) in [7, 11) is 5.13. The zero-order valence-electron chi connectivity index (χ0n) is 8.73. The third-order valence-electron chi connectivity index (χ3n) is 1.58. The number of amides is 1. The first-order valence-corrected chi connectivity index (χ1v) is 4.21. The maximum Gasteiger partial charge on any atom is 0.328 e. The predicted molar refractivity (Wildman–Crippen MR) is 53.0 cm³/mol. The fourth-order valence-electron chi connectivity index (χ4n) is 0.770. The second-order valence-electron chi connectivity index (χ2n) is 3.23. The van der Waals surface area contributed by atoms with Crippen LogP contribution >= 0.6 is 0 Å². The summed E-state index contributed by atoms with van der Waals surface area (Å²) in [5, 5.41) is 8.32. The van der Waals surface area contributed by atoms with Crippen molar-refractivity contribution < 1.29 is 14.7 Å². The van der Waals surface area contributed by atoms with Gasteiger partial charge in [-0.25, -0.2) is 4.79 Å². The normalized spacial score (nSPS) is 10.9. The van der Waals surface area contributed by atoms with E-state index in [1.165, 1.54) is 11.0 Å². The molecule has 0 saturated heterocycles. The van der Waals surface area contributed by atoms with E-state index in [-0.39, 0.29) is 12.5 Å². The zero-order valence-corrected chi connectivity index (χ0v) is 8.73. The van der Waals surface area contributed by atoms with Gasteiger partial charge in [0.15, 0.2) is 0 Å². The van der Waals surface area contributed by atoms with E-state index >= 15 is 0 Å².